The highest BCUT2D eigenvalue weighted by Gasteiger charge is 2.23. The molecule has 5 nitrogen and oxygen atoms in total. The Balaban J connectivity index is 2.18. The summed E-state index contributed by atoms with van der Waals surface area (Å²) < 4.78 is 11.3. The number of ketones is 1. The zero-order valence-electron chi connectivity index (χ0n) is 12.8. The third kappa shape index (κ3) is 4.10. The van der Waals surface area contributed by atoms with Gasteiger partial charge in [-0.15, -0.1) is 0 Å². The summed E-state index contributed by atoms with van der Waals surface area (Å²) in [7, 11) is 1.57. The Morgan fingerprint density at radius 2 is 2.23 bits per heavy atom. The number of hydrogen-bond donors (Lipinski definition) is 1. The average molecular weight is 304 g/mol. The van der Waals surface area contributed by atoms with E-state index in [4.69, 9.17) is 14.6 Å². The third-order valence-corrected chi connectivity index (χ3v) is 3.56. The molecule has 1 N–H and O–H groups in total. The standard InChI is InChI=1S/C17H20O5/c1-11(18)4-3-5-13-6-7-14-15(21-2)8-12(10-17(19)20)9-16(14)22-13/h3-4,8-9,13H,5-7,10H2,1-2H3,(H,19,20)/b4-3+/t13-/m1/s1. The minimum atomic E-state index is -0.890. The highest BCUT2D eigenvalue weighted by molar-refractivity contribution is 5.87. The van der Waals surface area contributed by atoms with E-state index >= 15 is 0 Å². The van der Waals surface area contributed by atoms with Crippen LogP contribution in [0.15, 0.2) is 24.3 Å². The minimum absolute atomic E-state index is 0.00659. The zero-order valence-corrected chi connectivity index (χ0v) is 12.8. The van der Waals surface area contributed by atoms with Gasteiger partial charge in [-0.3, -0.25) is 9.59 Å². The van der Waals surface area contributed by atoms with Crippen molar-refractivity contribution in [2.24, 2.45) is 0 Å². The Bertz CT molecular complexity index is 603. The van der Waals surface area contributed by atoms with Crippen molar-refractivity contribution in [2.45, 2.75) is 38.7 Å². The minimum Gasteiger partial charge on any atom is -0.496 e. The Morgan fingerprint density at radius 1 is 1.45 bits per heavy atom. The average Bonchev–Trinajstić information content (AvgIpc) is 2.45. The van der Waals surface area contributed by atoms with Gasteiger partial charge in [-0.25, -0.2) is 0 Å². The summed E-state index contributed by atoms with van der Waals surface area (Å²) in [6.07, 6.45) is 5.59. The maximum Gasteiger partial charge on any atom is 0.307 e. The van der Waals surface area contributed by atoms with Gasteiger partial charge < -0.3 is 14.6 Å². The number of aliphatic carboxylic acids is 1. The van der Waals surface area contributed by atoms with Gasteiger partial charge in [-0.2, -0.15) is 0 Å². The van der Waals surface area contributed by atoms with Crippen LogP contribution >= 0.6 is 0 Å². The highest BCUT2D eigenvalue weighted by Crippen LogP contribution is 2.37. The molecule has 1 aromatic rings. The van der Waals surface area contributed by atoms with E-state index in [9.17, 15) is 9.59 Å². The molecule has 0 aromatic heterocycles. The largest absolute Gasteiger partial charge is 0.496 e. The molecule has 0 unspecified atom stereocenters. The first-order valence-corrected chi connectivity index (χ1v) is 7.25. The number of carboxylic acid groups (broad SMARTS) is 1. The van der Waals surface area contributed by atoms with Gasteiger partial charge in [0.05, 0.1) is 13.5 Å². The summed E-state index contributed by atoms with van der Waals surface area (Å²) in [5.74, 6) is 0.481. The molecule has 0 amide bonds. The van der Waals surface area contributed by atoms with Gasteiger partial charge in [-0.1, -0.05) is 6.08 Å². The second-order valence-corrected chi connectivity index (χ2v) is 5.37. The number of fused-ring (bicyclic) bond motifs is 1. The zero-order chi connectivity index (χ0) is 16.1. The number of ether oxygens (including phenoxy) is 2. The summed E-state index contributed by atoms with van der Waals surface area (Å²) in [5.41, 5.74) is 1.63. The quantitative estimate of drug-likeness (QED) is 0.818. The van der Waals surface area contributed by atoms with Crippen LogP contribution in [-0.4, -0.2) is 30.1 Å². The maximum absolute atomic E-state index is 10.9. The van der Waals surface area contributed by atoms with E-state index in [1.807, 2.05) is 6.08 Å². The van der Waals surface area contributed by atoms with E-state index < -0.39 is 5.97 Å². The van der Waals surface area contributed by atoms with Crippen LogP contribution in [0.4, 0.5) is 0 Å². The normalized spacial score (nSPS) is 16.9. The van der Waals surface area contributed by atoms with Crippen molar-refractivity contribution in [3.05, 3.63) is 35.4 Å². The molecule has 1 aliphatic heterocycles. The molecular weight excluding hydrogens is 284 g/mol. The molecule has 0 saturated heterocycles. The number of methoxy groups -OCH3 is 1. The number of carbonyl (C=O) groups excluding carboxylic acids is 1. The molecule has 0 saturated carbocycles. The van der Waals surface area contributed by atoms with Crippen molar-refractivity contribution in [2.75, 3.05) is 7.11 Å². The van der Waals surface area contributed by atoms with E-state index in [0.29, 0.717) is 23.5 Å². The van der Waals surface area contributed by atoms with Gasteiger partial charge in [0.2, 0.25) is 0 Å². The smallest absolute Gasteiger partial charge is 0.307 e. The molecular formula is C17H20O5. The van der Waals surface area contributed by atoms with Crippen molar-refractivity contribution in [3.8, 4) is 11.5 Å². The van der Waals surface area contributed by atoms with Crippen LogP contribution in [0.5, 0.6) is 11.5 Å². The molecule has 2 rings (SSSR count). The van der Waals surface area contributed by atoms with E-state index in [1.54, 1.807) is 25.3 Å². The fourth-order valence-electron chi connectivity index (χ4n) is 2.58. The fourth-order valence-corrected chi connectivity index (χ4v) is 2.58. The second kappa shape index (κ2) is 7.11. The lowest BCUT2D eigenvalue weighted by Gasteiger charge is -2.27. The van der Waals surface area contributed by atoms with Gasteiger partial charge in [0.25, 0.3) is 0 Å². The Hall–Kier alpha value is -2.30. The molecule has 1 heterocycles. The van der Waals surface area contributed by atoms with Crippen LogP contribution in [0.2, 0.25) is 0 Å². The van der Waals surface area contributed by atoms with Gasteiger partial charge in [0, 0.05) is 12.0 Å². The molecule has 0 radical (unpaired) electrons. The third-order valence-electron chi connectivity index (χ3n) is 3.56. The summed E-state index contributed by atoms with van der Waals surface area (Å²) >= 11 is 0. The van der Waals surface area contributed by atoms with E-state index in [-0.39, 0.29) is 18.3 Å². The lowest BCUT2D eigenvalue weighted by molar-refractivity contribution is -0.136. The summed E-state index contributed by atoms with van der Waals surface area (Å²) in [6, 6.07) is 3.53. The number of benzene rings is 1. The van der Waals surface area contributed by atoms with Crippen molar-refractivity contribution in [3.63, 3.8) is 0 Å². The lowest BCUT2D eigenvalue weighted by atomic mass is 9.97. The van der Waals surface area contributed by atoms with Crippen molar-refractivity contribution in [1.29, 1.82) is 0 Å². The first kappa shape index (κ1) is 16.1. The first-order valence-electron chi connectivity index (χ1n) is 7.25. The second-order valence-electron chi connectivity index (χ2n) is 5.37. The maximum atomic E-state index is 10.9. The van der Waals surface area contributed by atoms with Crippen molar-refractivity contribution < 1.29 is 24.2 Å². The van der Waals surface area contributed by atoms with E-state index in [0.717, 1.165) is 18.4 Å². The number of carbonyl (C=O) groups is 2. The lowest BCUT2D eigenvalue weighted by Crippen LogP contribution is -2.22. The number of hydrogen-bond acceptors (Lipinski definition) is 4. The Labute approximate surface area is 129 Å². The van der Waals surface area contributed by atoms with Crippen LogP contribution < -0.4 is 9.47 Å². The van der Waals surface area contributed by atoms with Crippen LogP contribution in [0.25, 0.3) is 0 Å². The number of carboxylic acids is 1. The van der Waals surface area contributed by atoms with Crippen LogP contribution in [-0.2, 0) is 22.4 Å². The molecule has 118 valence electrons. The summed E-state index contributed by atoms with van der Waals surface area (Å²) in [6.45, 7) is 1.51. The molecule has 22 heavy (non-hydrogen) atoms. The molecule has 1 aliphatic rings. The van der Waals surface area contributed by atoms with Crippen LogP contribution in [0.3, 0.4) is 0 Å². The SMILES string of the molecule is COc1cc(CC(=O)O)cc2c1CC[C@@H](C/C=C/C(C)=O)O2. The van der Waals surface area contributed by atoms with Crippen LogP contribution in [0, 0.1) is 0 Å². The molecule has 0 spiro atoms. The molecule has 0 aliphatic carbocycles. The molecule has 0 bridgehead atoms. The van der Waals surface area contributed by atoms with Gasteiger partial charge in [0.1, 0.15) is 17.6 Å². The monoisotopic (exact) mass is 304 g/mol. The summed E-state index contributed by atoms with van der Waals surface area (Å²) in [5, 5.41) is 8.93. The number of rotatable bonds is 6. The molecule has 5 heteroatoms. The number of allylic oxidation sites excluding steroid dienone is 1. The fraction of sp³-hybridized carbons (Fsp3) is 0.412. The highest BCUT2D eigenvalue weighted by atomic mass is 16.5. The Kier molecular flexibility index (Phi) is 5.20. The van der Waals surface area contributed by atoms with Gasteiger partial charge in [0.15, 0.2) is 5.78 Å². The molecule has 1 aromatic carbocycles. The predicted molar refractivity (Wildman–Crippen MR) is 81.5 cm³/mol. The van der Waals surface area contributed by atoms with E-state index in [2.05, 4.69) is 0 Å². The van der Waals surface area contributed by atoms with Gasteiger partial charge in [-0.05, 0) is 43.5 Å². The predicted octanol–water partition coefficient (Wildman–Crippen LogP) is 2.55. The van der Waals surface area contributed by atoms with Crippen LogP contribution in [0.1, 0.15) is 30.9 Å². The summed E-state index contributed by atoms with van der Waals surface area (Å²) in [4.78, 5) is 21.8. The van der Waals surface area contributed by atoms with E-state index in [1.165, 1.54) is 6.92 Å². The van der Waals surface area contributed by atoms with Gasteiger partial charge >= 0.3 is 5.97 Å². The molecule has 1 atom stereocenters. The topological polar surface area (TPSA) is 72.8 Å². The van der Waals surface area contributed by atoms with Crippen molar-refractivity contribution >= 4 is 11.8 Å². The molecule has 0 fully saturated rings. The van der Waals surface area contributed by atoms with Crippen molar-refractivity contribution in [1.82, 2.24) is 0 Å². The first-order chi connectivity index (χ1) is 10.5. The Morgan fingerprint density at radius 3 is 2.86 bits per heavy atom.